The molecule has 0 aliphatic heterocycles. The molecule has 0 radical (unpaired) electrons. The summed E-state index contributed by atoms with van der Waals surface area (Å²) >= 11 is 0. The summed E-state index contributed by atoms with van der Waals surface area (Å²) in [5.74, 6) is 0.518. The van der Waals surface area contributed by atoms with E-state index in [0.29, 0.717) is 40.7 Å². The van der Waals surface area contributed by atoms with Crippen molar-refractivity contribution in [3.63, 3.8) is 0 Å². The third kappa shape index (κ3) is 6.36. The van der Waals surface area contributed by atoms with Gasteiger partial charge in [0.05, 0.1) is 19.4 Å². The lowest BCUT2D eigenvalue weighted by atomic mass is 10.1. The minimum atomic E-state index is -0.559. The highest BCUT2D eigenvalue weighted by Crippen LogP contribution is 2.31. The summed E-state index contributed by atoms with van der Waals surface area (Å²) in [4.78, 5) is 12.7. The molecule has 3 aromatic carbocycles. The smallest absolute Gasteiger partial charge is 0.266 e. The molecule has 3 rings (SSSR count). The van der Waals surface area contributed by atoms with Gasteiger partial charge in [0.15, 0.2) is 11.5 Å². The van der Waals surface area contributed by atoms with Crippen LogP contribution in [0.2, 0.25) is 0 Å². The van der Waals surface area contributed by atoms with Gasteiger partial charge in [0.25, 0.3) is 5.91 Å². The van der Waals surface area contributed by atoms with E-state index in [-0.39, 0.29) is 18.0 Å². The molecule has 0 aliphatic carbocycles. The largest absolute Gasteiger partial charge is 0.495 e. The van der Waals surface area contributed by atoms with Crippen LogP contribution in [-0.2, 0) is 11.4 Å². The Hall–Kier alpha value is -4.31. The lowest BCUT2D eigenvalue weighted by Gasteiger charge is -2.13. The van der Waals surface area contributed by atoms with Crippen LogP contribution in [0.25, 0.3) is 6.08 Å². The van der Waals surface area contributed by atoms with E-state index in [1.54, 1.807) is 42.5 Å². The normalized spacial score (nSPS) is 10.9. The quantitative estimate of drug-likeness (QED) is 0.329. The lowest BCUT2D eigenvalue weighted by Crippen LogP contribution is -2.14. The molecule has 174 valence electrons. The molecule has 1 N–H and O–H groups in total. The zero-order valence-electron chi connectivity index (χ0n) is 19.2. The first-order chi connectivity index (χ1) is 16.4. The summed E-state index contributed by atoms with van der Waals surface area (Å²) in [7, 11) is 1.51. The molecule has 0 unspecified atom stereocenters. The summed E-state index contributed by atoms with van der Waals surface area (Å²) in [6.07, 6.45) is 1.47. The van der Waals surface area contributed by atoms with Crippen LogP contribution in [0.1, 0.15) is 23.6 Å². The molecule has 6 nitrogen and oxygen atoms in total. The van der Waals surface area contributed by atoms with Crippen LogP contribution in [0.4, 0.5) is 10.1 Å². The van der Waals surface area contributed by atoms with Crippen LogP contribution in [0, 0.1) is 24.1 Å². The highest BCUT2D eigenvalue weighted by atomic mass is 19.1. The van der Waals surface area contributed by atoms with Crippen molar-refractivity contribution < 1.29 is 23.4 Å². The average Bonchev–Trinajstić information content (AvgIpc) is 2.82. The number of ether oxygens (including phenoxy) is 3. The standard InChI is InChI=1S/C27H25FN2O4/c1-4-33-26-15-19(9-11-25(26)34-17-20-6-5-7-22(28)14-20)13-21(16-29)27(31)30-23-12-18(2)8-10-24(23)32-3/h5-15H,4,17H2,1-3H3,(H,30,31)/b21-13+. The number of methoxy groups -OCH3 is 1. The first-order valence-corrected chi connectivity index (χ1v) is 10.7. The third-order valence-corrected chi connectivity index (χ3v) is 4.83. The second-order valence-electron chi connectivity index (χ2n) is 7.39. The third-order valence-electron chi connectivity index (χ3n) is 4.83. The van der Waals surface area contributed by atoms with E-state index >= 15 is 0 Å². The van der Waals surface area contributed by atoms with E-state index in [4.69, 9.17) is 14.2 Å². The Balaban J connectivity index is 1.81. The van der Waals surface area contributed by atoms with E-state index in [2.05, 4.69) is 5.32 Å². The predicted molar refractivity (Wildman–Crippen MR) is 128 cm³/mol. The monoisotopic (exact) mass is 460 g/mol. The van der Waals surface area contributed by atoms with Gasteiger partial charge in [-0.2, -0.15) is 5.26 Å². The summed E-state index contributed by atoms with van der Waals surface area (Å²) in [5.41, 5.74) is 2.60. The van der Waals surface area contributed by atoms with Crippen molar-refractivity contribution in [1.29, 1.82) is 5.26 Å². The summed E-state index contributed by atoms with van der Waals surface area (Å²) in [6.45, 7) is 4.28. The first-order valence-electron chi connectivity index (χ1n) is 10.7. The summed E-state index contributed by atoms with van der Waals surface area (Å²) in [5, 5.41) is 12.3. The number of benzene rings is 3. The van der Waals surface area contributed by atoms with Gasteiger partial charge in [-0.05, 0) is 73.0 Å². The first kappa shape index (κ1) is 24.3. The van der Waals surface area contributed by atoms with Gasteiger partial charge in [-0.3, -0.25) is 4.79 Å². The molecule has 0 atom stereocenters. The molecule has 3 aromatic rings. The number of anilines is 1. The molecule has 34 heavy (non-hydrogen) atoms. The second kappa shape index (κ2) is 11.5. The van der Waals surface area contributed by atoms with Gasteiger partial charge in [0.2, 0.25) is 0 Å². The molecule has 0 aliphatic rings. The molecular weight excluding hydrogens is 435 g/mol. The number of nitrogens with zero attached hydrogens (tertiary/aromatic N) is 1. The van der Waals surface area contributed by atoms with Crippen LogP contribution >= 0.6 is 0 Å². The molecule has 0 saturated carbocycles. The molecule has 7 heteroatoms. The van der Waals surface area contributed by atoms with Crippen molar-refractivity contribution >= 4 is 17.7 Å². The van der Waals surface area contributed by atoms with E-state index < -0.39 is 5.91 Å². The van der Waals surface area contributed by atoms with Crippen molar-refractivity contribution in [2.45, 2.75) is 20.5 Å². The summed E-state index contributed by atoms with van der Waals surface area (Å²) < 4.78 is 30.2. The van der Waals surface area contributed by atoms with E-state index in [1.165, 1.54) is 25.3 Å². The number of aryl methyl sites for hydroxylation is 1. The maximum Gasteiger partial charge on any atom is 0.266 e. The molecule has 1 amide bonds. The van der Waals surface area contributed by atoms with Gasteiger partial charge in [0, 0.05) is 0 Å². The van der Waals surface area contributed by atoms with E-state index in [0.717, 1.165) is 5.56 Å². The Labute approximate surface area is 198 Å². The molecule has 0 bridgehead atoms. The summed E-state index contributed by atoms with van der Waals surface area (Å²) in [6, 6.07) is 18.6. The number of amides is 1. The van der Waals surface area contributed by atoms with E-state index in [9.17, 15) is 14.4 Å². The average molecular weight is 461 g/mol. The molecule has 0 fully saturated rings. The molecule has 0 aromatic heterocycles. The van der Waals surface area contributed by atoms with Crippen molar-refractivity contribution in [2.75, 3.05) is 19.0 Å². The van der Waals surface area contributed by atoms with E-state index in [1.807, 2.05) is 26.0 Å². The van der Waals surface area contributed by atoms with Gasteiger partial charge >= 0.3 is 0 Å². The number of nitrogens with one attached hydrogen (secondary N) is 1. The maximum atomic E-state index is 13.4. The zero-order chi connectivity index (χ0) is 24.5. The number of nitriles is 1. The predicted octanol–water partition coefficient (Wildman–Crippen LogP) is 5.67. The van der Waals surface area contributed by atoms with Gasteiger partial charge in [-0.1, -0.05) is 24.3 Å². The van der Waals surface area contributed by atoms with Crippen LogP contribution < -0.4 is 19.5 Å². The Kier molecular flexibility index (Phi) is 8.25. The van der Waals surface area contributed by atoms with Gasteiger partial charge in [-0.25, -0.2) is 4.39 Å². The Morgan fingerprint density at radius 2 is 1.85 bits per heavy atom. The zero-order valence-corrected chi connectivity index (χ0v) is 19.2. The van der Waals surface area contributed by atoms with Crippen molar-refractivity contribution in [2.24, 2.45) is 0 Å². The fourth-order valence-corrected chi connectivity index (χ4v) is 3.21. The highest BCUT2D eigenvalue weighted by Gasteiger charge is 2.14. The number of hydrogen-bond acceptors (Lipinski definition) is 5. The van der Waals surface area contributed by atoms with Crippen molar-refractivity contribution in [3.05, 3.63) is 88.7 Å². The Bertz CT molecular complexity index is 1250. The minimum Gasteiger partial charge on any atom is -0.495 e. The fraction of sp³-hybridized carbons (Fsp3) is 0.185. The maximum absolute atomic E-state index is 13.4. The molecule has 0 heterocycles. The van der Waals surface area contributed by atoms with Crippen LogP contribution in [-0.4, -0.2) is 19.6 Å². The lowest BCUT2D eigenvalue weighted by molar-refractivity contribution is -0.112. The second-order valence-corrected chi connectivity index (χ2v) is 7.39. The number of hydrogen-bond donors (Lipinski definition) is 1. The van der Waals surface area contributed by atoms with Crippen LogP contribution in [0.5, 0.6) is 17.2 Å². The van der Waals surface area contributed by atoms with Crippen LogP contribution in [0.3, 0.4) is 0 Å². The number of halogens is 1. The number of carbonyl (C=O) groups is 1. The van der Waals surface area contributed by atoms with Gasteiger partial charge in [-0.15, -0.1) is 0 Å². The highest BCUT2D eigenvalue weighted by molar-refractivity contribution is 6.10. The minimum absolute atomic E-state index is 0.0839. The molecular formula is C27H25FN2O4. The number of rotatable bonds is 9. The van der Waals surface area contributed by atoms with Crippen molar-refractivity contribution in [1.82, 2.24) is 0 Å². The fourth-order valence-electron chi connectivity index (χ4n) is 3.21. The topological polar surface area (TPSA) is 80.6 Å². The Morgan fingerprint density at radius 3 is 2.56 bits per heavy atom. The van der Waals surface area contributed by atoms with Gasteiger partial charge < -0.3 is 19.5 Å². The number of carbonyl (C=O) groups excluding carboxylic acids is 1. The Morgan fingerprint density at radius 1 is 1.06 bits per heavy atom. The van der Waals surface area contributed by atoms with Gasteiger partial charge in [0.1, 0.15) is 29.8 Å². The molecule has 0 saturated heterocycles. The SMILES string of the molecule is CCOc1cc(/C=C(\C#N)C(=O)Nc2cc(C)ccc2OC)ccc1OCc1cccc(F)c1. The van der Waals surface area contributed by atoms with Crippen molar-refractivity contribution in [3.8, 4) is 23.3 Å². The molecule has 0 spiro atoms. The van der Waals surface area contributed by atoms with Crippen LogP contribution in [0.15, 0.2) is 66.2 Å².